The number of nitrogens with zero attached hydrogens (tertiary/aromatic N) is 1. The quantitative estimate of drug-likeness (QED) is 0.485. The van der Waals surface area contributed by atoms with E-state index in [1.807, 2.05) is 18.2 Å². The van der Waals surface area contributed by atoms with E-state index in [2.05, 4.69) is 11.9 Å². The van der Waals surface area contributed by atoms with Crippen LogP contribution in [0, 0.1) is 5.92 Å². The van der Waals surface area contributed by atoms with Crippen molar-refractivity contribution in [2.75, 3.05) is 26.9 Å². The molecule has 1 aliphatic rings. The van der Waals surface area contributed by atoms with Gasteiger partial charge in [0.15, 0.2) is 0 Å². The fourth-order valence-electron chi connectivity index (χ4n) is 3.74. The molecular weight excluding hydrogens is 372 g/mol. The third-order valence-electron chi connectivity index (χ3n) is 5.35. The van der Waals surface area contributed by atoms with E-state index in [9.17, 15) is 19.8 Å². The highest BCUT2D eigenvalue weighted by molar-refractivity contribution is 5.86. The second-order valence-corrected chi connectivity index (χ2v) is 7.42. The Hall–Kier alpha value is -2.22. The summed E-state index contributed by atoms with van der Waals surface area (Å²) in [6.07, 6.45) is 2.70. The van der Waals surface area contributed by atoms with Crippen LogP contribution in [0.3, 0.4) is 0 Å². The first-order chi connectivity index (χ1) is 14.0. The van der Waals surface area contributed by atoms with Crippen molar-refractivity contribution in [3.8, 4) is 0 Å². The fourth-order valence-corrected chi connectivity index (χ4v) is 3.74. The van der Waals surface area contributed by atoms with Gasteiger partial charge in [0, 0.05) is 20.1 Å². The smallest absolute Gasteiger partial charge is 0.224 e. The third-order valence-corrected chi connectivity index (χ3v) is 5.35. The molecule has 7 nitrogen and oxygen atoms in total. The summed E-state index contributed by atoms with van der Waals surface area (Å²) in [7, 11) is 1.50. The minimum atomic E-state index is -0.933. The lowest BCUT2D eigenvalue weighted by atomic mass is 9.97. The van der Waals surface area contributed by atoms with Gasteiger partial charge in [-0.2, -0.15) is 0 Å². The maximum atomic E-state index is 12.9. The van der Waals surface area contributed by atoms with Crippen LogP contribution in [-0.4, -0.2) is 65.9 Å². The standard InChI is InChI=1S/C22H32N2O5/c1-3-8-17(13-20(26)24-12-7-11-18(24)14-25)22(28)23-19(15-29-2)21(27)16-9-5-4-6-10-16/h3-6,9-10,17-19,21,25,27H,1,7-8,11-15H2,2H3,(H,23,28). The number of rotatable bonds is 11. The van der Waals surface area contributed by atoms with E-state index in [1.165, 1.54) is 7.11 Å². The summed E-state index contributed by atoms with van der Waals surface area (Å²) in [4.78, 5) is 27.3. The molecule has 1 aromatic carbocycles. The van der Waals surface area contributed by atoms with Crippen molar-refractivity contribution >= 4 is 11.8 Å². The normalized spacial score (nSPS) is 19.4. The molecule has 2 rings (SSSR count). The lowest BCUT2D eigenvalue weighted by Crippen LogP contribution is -2.46. The first-order valence-corrected chi connectivity index (χ1v) is 10.0. The molecule has 1 aromatic rings. The maximum Gasteiger partial charge on any atom is 0.224 e. The molecule has 0 aliphatic carbocycles. The lowest BCUT2D eigenvalue weighted by molar-refractivity contribution is -0.138. The highest BCUT2D eigenvalue weighted by Gasteiger charge is 2.32. The first kappa shape index (κ1) is 23.1. The van der Waals surface area contributed by atoms with Crippen LogP contribution in [-0.2, 0) is 14.3 Å². The van der Waals surface area contributed by atoms with Gasteiger partial charge in [0.25, 0.3) is 0 Å². The molecule has 0 saturated carbocycles. The summed E-state index contributed by atoms with van der Waals surface area (Å²) in [5.41, 5.74) is 0.675. The average Bonchev–Trinajstić information content (AvgIpc) is 3.22. The number of nitrogens with one attached hydrogen (secondary N) is 1. The maximum absolute atomic E-state index is 12.9. The van der Waals surface area contributed by atoms with Gasteiger partial charge in [0.05, 0.1) is 31.2 Å². The molecule has 1 fully saturated rings. The predicted molar refractivity (Wildman–Crippen MR) is 110 cm³/mol. The van der Waals surface area contributed by atoms with Gasteiger partial charge in [0.1, 0.15) is 6.10 Å². The number of benzene rings is 1. The lowest BCUT2D eigenvalue weighted by Gasteiger charge is -2.28. The van der Waals surface area contributed by atoms with Gasteiger partial charge in [-0.15, -0.1) is 6.58 Å². The molecule has 0 spiro atoms. The molecule has 3 N–H and O–H groups in total. The van der Waals surface area contributed by atoms with Crippen molar-refractivity contribution in [2.45, 2.75) is 43.9 Å². The molecule has 2 amide bonds. The molecule has 0 bridgehead atoms. The van der Waals surface area contributed by atoms with Gasteiger partial charge in [-0.1, -0.05) is 36.4 Å². The van der Waals surface area contributed by atoms with Gasteiger partial charge in [-0.05, 0) is 24.8 Å². The number of ether oxygens (including phenoxy) is 1. The van der Waals surface area contributed by atoms with Gasteiger partial charge in [-0.3, -0.25) is 9.59 Å². The molecule has 160 valence electrons. The van der Waals surface area contributed by atoms with E-state index < -0.39 is 18.1 Å². The number of methoxy groups -OCH3 is 1. The molecule has 4 atom stereocenters. The molecule has 1 saturated heterocycles. The van der Waals surface area contributed by atoms with Crippen molar-refractivity contribution in [1.29, 1.82) is 0 Å². The zero-order valence-corrected chi connectivity index (χ0v) is 17.0. The Morgan fingerprint density at radius 1 is 1.38 bits per heavy atom. The molecule has 29 heavy (non-hydrogen) atoms. The number of amides is 2. The van der Waals surface area contributed by atoms with Gasteiger partial charge in [-0.25, -0.2) is 0 Å². The fraction of sp³-hybridized carbons (Fsp3) is 0.545. The minimum Gasteiger partial charge on any atom is -0.394 e. The van der Waals surface area contributed by atoms with E-state index >= 15 is 0 Å². The summed E-state index contributed by atoms with van der Waals surface area (Å²) in [6, 6.07) is 8.24. The van der Waals surface area contributed by atoms with Crippen LogP contribution in [0.15, 0.2) is 43.0 Å². The number of carbonyl (C=O) groups excluding carboxylic acids is 2. The summed E-state index contributed by atoms with van der Waals surface area (Å²) in [5, 5.41) is 23.0. The summed E-state index contributed by atoms with van der Waals surface area (Å²) >= 11 is 0. The third kappa shape index (κ3) is 6.39. The minimum absolute atomic E-state index is 0.0372. The summed E-state index contributed by atoms with van der Waals surface area (Å²) < 4.78 is 5.18. The van der Waals surface area contributed by atoms with Crippen LogP contribution in [0.5, 0.6) is 0 Å². The zero-order valence-electron chi connectivity index (χ0n) is 17.0. The van der Waals surface area contributed by atoms with Crippen molar-refractivity contribution in [2.24, 2.45) is 5.92 Å². The number of carbonyl (C=O) groups is 2. The first-order valence-electron chi connectivity index (χ1n) is 10.0. The van der Waals surface area contributed by atoms with Gasteiger partial charge in [0.2, 0.25) is 11.8 Å². The average molecular weight is 405 g/mol. The molecular formula is C22H32N2O5. The highest BCUT2D eigenvalue weighted by Crippen LogP contribution is 2.22. The van der Waals surface area contributed by atoms with Crippen molar-refractivity contribution < 1.29 is 24.5 Å². The number of likely N-dealkylation sites (tertiary alicyclic amines) is 1. The van der Waals surface area contributed by atoms with E-state index in [0.29, 0.717) is 18.5 Å². The van der Waals surface area contributed by atoms with Crippen LogP contribution < -0.4 is 5.32 Å². The largest absolute Gasteiger partial charge is 0.394 e. The number of aliphatic hydroxyl groups excluding tert-OH is 2. The topological polar surface area (TPSA) is 99.1 Å². The van der Waals surface area contributed by atoms with Crippen LogP contribution >= 0.6 is 0 Å². The van der Waals surface area contributed by atoms with Crippen LogP contribution in [0.25, 0.3) is 0 Å². The van der Waals surface area contributed by atoms with Crippen molar-refractivity contribution in [3.05, 3.63) is 48.6 Å². The van der Waals surface area contributed by atoms with Crippen LogP contribution in [0.2, 0.25) is 0 Å². The molecule has 0 aromatic heterocycles. The van der Waals surface area contributed by atoms with Crippen LogP contribution in [0.4, 0.5) is 0 Å². The SMILES string of the molecule is C=CCC(CC(=O)N1CCCC1CO)C(=O)NC(COC)C(O)c1ccccc1. The molecule has 1 aliphatic heterocycles. The van der Waals surface area contributed by atoms with Gasteiger partial charge >= 0.3 is 0 Å². The Bertz CT molecular complexity index is 666. The zero-order chi connectivity index (χ0) is 21.2. The molecule has 1 heterocycles. The number of allylic oxidation sites excluding steroid dienone is 1. The van der Waals surface area contributed by atoms with E-state index in [-0.39, 0.29) is 37.5 Å². The van der Waals surface area contributed by atoms with Crippen LogP contribution in [0.1, 0.15) is 37.4 Å². The number of hydrogen-bond donors (Lipinski definition) is 3. The Balaban J connectivity index is 2.05. The molecule has 4 unspecified atom stereocenters. The second kappa shape index (κ2) is 11.7. The number of aliphatic hydroxyl groups is 2. The number of hydrogen-bond acceptors (Lipinski definition) is 5. The van der Waals surface area contributed by atoms with E-state index in [0.717, 1.165) is 12.8 Å². The monoisotopic (exact) mass is 404 g/mol. The molecule has 0 radical (unpaired) electrons. The molecule has 7 heteroatoms. The Kier molecular flexibility index (Phi) is 9.31. The van der Waals surface area contributed by atoms with E-state index in [1.54, 1.807) is 23.1 Å². The van der Waals surface area contributed by atoms with E-state index in [4.69, 9.17) is 4.74 Å². The Morgan fingerprint density at radius 2 is 2.10 bits per heavy atom. The second-order valence-electron chi connectivity index (χ2n) is 7.42. The summed E-state index contributed by atoms with van der Waals surface area (Å²) in [5.74, 6) is -1.06. The van der Waals surface area contributed by atoms with Crippen molar-refractivity contribution in [3.63, 3.8) is 0 Å². The Labute approximate surface area is 172 Å². The van der Waals surface area contributed by atoms with Gasteiger partial charge < -0.3 is 25.2 Å². The van der Waals surface area contributed by atoms with Crippen molar-refractivity contribution in [1.82, 2.24) is 10.2 Å². The highest BCUT2D eigenvalue weighted by atomic mass is 16.5. The Morgan fingerprint density at radius 3 is 2.72 bits per heavy atom. The summed E-state index contributed by atoms with van der Waals surface area (Å²) in [6.45, 7) is 4.37. The predicted octanol–water partition coefficient (Wildman–Crippen LogP) is 1.42.